The summed E-state index contributed by atoms with van der Waals surface area (Å²) in [5, 5.41) is 6.70. The van der Waals surface area contributed by atoms with E-state index in [0.29, 0.717) is 5.56 Å². The molecule has 0 unspecified atom stereocenters. The van der Waals surface area contributed by atoms with Crippen molar-refractivity contribution >= 4 is 17.5 Å². The van der Waals surface area contributed by atoms with E-state index >= 15 is 0 Å². The average molecular weight is 490 g/mol. The highest BCUT2D eigenvalue weighted by Gasteiger charge is 2.30. The molecule has 3 aromatic rings. The molecule has 9 heteroatoms. The molecule has 1 aromatic carbocycles. The van der Waals surface area contributed by atoms with Crippen LogP contribution in [-0.4, -0.2) is 60.1 Å². The summed E-state index contributed by atoms with van der Waals surface area (Å²) in [6.07, 6.45) is 5.28. The molecule has 1 N–H and O–H groups in total. The van der Waals surface area contributed by atoms with Crippen LogP contribution >= 0.6 is 0 Å². The van der Waals surface area contributed by atoms with Crippen molar-refractivity contribution in [2.75, 3.05) is 32.1 Å². The fourth-order valence-corrected chi connectivity index (χ4v) is 5.18. The number of aryl methyl sites for hydroxylation is 2. The third-order valence-electron chi connectivity index (χ3n) is 7.28. The number of methoxy groups -OCH3 is 1. The number of carbonyl (C=O) groups excluding carboxylic acids is 2. The molecule has 9 nitrogen and oxygen atoms in total. The highest BCUT2D eigenvalue weighted by atomic mass is 16.5. The van der Waals surface area contributed by atoms with Gasteiger partial charge in [-0.05, 0) is 73.2 Å². The maximum absolute atomic E-state index is 13.4. The number of benzene rings is 1. The van der Waals surface area contributed by atoms with Crippen molar-refractivity contribution in [3.63, 3.8) is 0 Å². The van der Waals surface area contributed by atoms with Crippen molar-refractivity contribution in [2.45, 2.75) is 44.7 Å². The molecule has 3 heterocycles. The van der Waals surface area contributed by atoms with Crippen LogP contribution in [0, 0.1) is 6.92 Å². The van der Waals surface area contributed by atoms with Crippen LogP contribution in [-0.2, 0) is 6.42 Å². The zero-order valence-electron chi connectivity index (χ0n) is 20.9. The number of nitrogens with zero attached hydrogens (tertiary/aromatic N) is 4. The summed E-state index contributed by atoms with van der Waals surface area (Å²) in [6, 6.07) is 11.4. The van der Waals surface area contributed by atoms with Crippen LogP contribution in [0.25, 0.3) is 0 Å². The predicted molar refractivity (Wildman–Crippen MR) is 134 cm³/mol. The fraction of sp³-hybridized carbons (Fsp3) is 0.407. The molecule has 36 heavy (non-hydrogen) atoms. The van der Waals surface area contributed by atoms with E-state index in [1.165, 1.54) is 18.9 Å². The molecule has 188 valence electrons. The van der Waals surface area contributed by atoms with E-state index < -0.39 is 0 Å². The minimum absolute atomic E-state index is 0.00736. The molecule has 2 amide bonds. The molecule has 2 aliphatic rings. The number of ether oxygens (including phenoxy) is 1. The zero-order chi connectivity index (χ0) is 25.2. The van der Waals surface area contributed by atoms with Crippen LogP contribution in [0.3, 0.4) is 0 Å². The SMILES string of the molecule is COc1cc(C(=O)N[C@@H]2CCc3ccc(C(=O)N(C)C4CCN(c5ccnc(C)c5)CC4)cc32)on1. The van der Waals surface area contributed by atoms with E-state index in [9.17, 15) is 9.59 Å². The van der Waals surface area contributed by atoms with Gasteiger partial charge in [-0.25, -0.2) is 0 Å². The van der Waals surface area contributed by atoms with Gasteiger partial charge in [0.25, 0.3) is 17.7 Å². The van der Waals surface area contributed by atoms with Gasteiger partial charge in [0.05, 0.1) is 19.2 Å². The van der Waals surface area contributed by atoms with Crippen molar-refractivity contribution in [3.05, 3.63) is 70.7 Å². The van der Waals surface area contributed by atoms with E-state index in [0.717, 1.165) is 55.6 Å². The molecule has 0 bridgehead atoms. The first-order valence-electron chi connectivity index (χ1n) is 12.3. The highest BCUT2D eigenvalue weighted by molar-refractivity contribution is 5.95. The fourth-order valence-electron chi connectivity index (χ4n) is 5.18. The molecular formula is C27H31N5O4. The second-order valence-corrected chi connectivity index (χ2v) is 9.50. The van der Waals surface area contributed by atoms with E-state index in [-0.39, 0.29) is 35.5 Å². The number of nitrogens with one attached hydrogen (secondary N) is 1. The summed E-state index contributed by atoms with van der Waals surface area (Å²) in [6.45, 7) is 3.80. The molecule has 2 aromatic heterocycles. The van der Waals surface area contributed by atoms with Crippen LogP contribution < -0.4 is 15.0 Å². The minimum atomic E-state index is -0.353. The molecule has 1 atom stereocenters. The number of carbonyl (C=O) groups is 2. The molecule has 0 radical (unpaired) electrons. The topological polar surface area (TPSA) is 101 Å². The van der Waals surface area contributed by atoms with Crippen LogP contribution in [0.1, 0.15) is 63.0 Å². The van der Waals surface area contributed by atoms with E-state index in [4.69, 9.17) is 9.26 Å². The minimum Gasteiger partial charge on any atom is -0.479 e. The van der Waals surface area contributed by atoms with Crippen LogP contribution in [0.2, 0.25) is 0 Å². The van der Waals surface area contributed by atoms with Crippen molar-refractivity contribution in [1.82, 2.24) is 20.4 Å². The number of rotatable bonds is 6. The van der Waals surface area contributed by atoms with Gasteiger partial charge in [-0.15, -0.1) is 0 Å². The first-order valence-corrected chi connectivity index (χ1v) is 12.3. The van der Waals surface area contributed by atoms with Gasteiger partial charge in [0.2, 0.25) is 5.76 Å². The molecule has 1 saturated heterocycles. The first kappa shape index (κ1) is 23.8. The van der Waals surface area contributed by atoms with Crippen LogP contribution in [0.5, 0.6) is 5.88 Å². The Morgan fingerprint density at radius 3 is 2.67 bits per heavy atom. The van der Waals surface area contributed by atoms with E-state index in [1.807, 2.05) is 49.3 Å². The van der Waals surface area contributed by atoms with Crippen molar-refractivity contribution in [3.8, 4) is 5.88 Å². The number of fused-ring (bicyclic) bond motifs is 1. The summed E-state index contributed by atoms with van der Waals surface area (Å²) >= 11 is 0. The van der Waals surface area contributed by atoms with E-state index in [1.54, 1.807) is 0 Å². The van der Waals surface area contributed by atoms with Gasteiger partial charge in [-0.2, -0.15) is 0 Å². The molecule has 1 aliphatic carbocycles. The standard InChI is InChI=1S/C27H31N5O4/c1-17-14-21(8-11-28-17)32-12-9-20(10-13-32)31(2)27(34)19-5-4-18-6-7-23(22(18)15-19)29-26(33)24-16-25(35-3)30-36-24/h4-5,8,11,14-16,20,23H,6-7,9-10,12-13H2,1-3H3,(H,29,33)/t23-/m1/s1. The quantitative estimate of drug-likeness (QED) is 0.565. The maximum Gasteiger partial charge on any atom is 0.290 e. The lowest BCUT2D eigenvalue weighted by atomic mass is 10.00. The maximum atomic E-state index is 13.4. The molecular weight excluding hydrogens is 458 g/mol. The van der Waals surface area contributed by atoms with Gasteiger partial charge in [-0.3, -0.25) is 14.6 Å². The molecule has 5 rings (SSSR count). The Hall–Kier alpha value is -3.88. The lowest BCUT2D eigenvalue weighted by molar-refractivity contribution is 0.0709. The Labute approximate surface area is 210 Å². The van der Waals surface area contributed by atoms with Crippen molar-refractivity contribution in [1.29, 1.82) is 0 Å². The number of aromatic nitrogens is 2. The molecule has 1 fully saturated rings. The summed E-state index contributed by atoms with van der Waals surface area (Å²) < 4.78 is 10.0. The number of hydrogen-bond acceptors (Lipinski definition) is 7. The van der Waals surface area contributed by atoms with Crippen molar-refractivity contribution < 1.29 is 18.8 Å². The number of hydrogen-bond donors (Lipinski definition) is 1. The van der Waals surface area contributed by atoms with Gasteiger partial charge >= 0.3 is 0 Å². The Kier molecular flexibility index (Phi) is 6.63. The zero-order valence-corrected chi connectivity index (χ0v) is 20.9. The summed E-state index contributed by atoms with van der Waals surface area (Å²) in [7, 11) is 3.36. The molecule has 0 spiro atoms. The van der Waals surface area contributed by atoms with Crippen LogP contribution in [0.15, 0.2) is 47.1 Å². The smallest absolute Gasteiger partial charge is 0.290 e. The Morgan fingerprint density at radius 2 is 1.94 bits per heavy atom. The number of anilines is 1. The normalized spacial score (nSPS) is 17.5. The monoisotopic (exact) mass is 489 g/mol. The Balaban J connectivity index is 1.23. The van der Waals surface area contributed by atoms with Gasteiger partial charge < -0.3 is 24.4 Å². The largest absolute Gasteiger partial charge is 0.479 e. The third-order valence-corrected chi connectivity index (χ3v) is 7.28. The molecule has 1 aliphatic heterocycles. The first-order chi connectivity index (χ1) is 17.4. The van der Waals surface area contributed by atoms with Gasteiger partial charge in [-0.1, -0.05) is 6.07 Å². The van der Waals surface area contributed by atoms with Crippen molar-refractivity contribution in [2.24, 2.45) is 0 Å². The van der Waals surface area contributed by atoms with Gasteiger partial charge in [0.15, 0.2) is 0 Å². The summed E-state index contributed by atoms with van der Waals surface area (Å²) in [5.41, 5.74) is 4.97. The summed E-state index contributed by atoms with van der Waals surface area (Å²) in [4.78, 5) is 34.6. The number of piperidine rings is 1. The number of pyridine rings is 1. The lowest BCUT2D eigenvalue weighted by Crippen LogP contribution is -2.45. The third kappa shape index (κ3) is 4.78. The number of amides is 2. The Bertz CT molecular complexity index is 1260. The lowest BCUT2D eigenvalue weighted by Gasteiger charge is -2.38. The van der Waals surface area contributed by atoms with E-state index in [2.05, 4.69) is 26.4 Å². The second-order valence-electron chi connectivity index (χ2n) is 9.50. The highest BCUT2D eigenvalue weighted by Crippen LogP contribution is 2.33. The van der Waals surface area contributed by atoms with Gasteiger partial charge in [0, 0.05) is 49.3 Å². The van der Waals surface area contributed by atoms with Crippen LogP contribution in [0.4, 0.5) is 5.69 Å². The summed E-state index contributed by atoms with van der Waals surface area (Å²) in [5.74, 6) is 0.00625. The Morgan fingerprint density at radius 1 is 1.14 bits per heavy atom. The molecule has 0 saturated carbocycles. The van der Waals surface area contributed by atoms with Gasteiger partial charge in [0.1, 0.15) is 0 Å². The second kappa shape index (κ2) is 10.0. The average Bonchev–Trinajstić information content (AvgIpc) is 3.55. The predicted octanol–water partition coefficient (Wildman–Crippen LogP) is 3.54.